The van der Waals surface area contributed by atoms with Gasteiger partial charge in [-0.1, -0.05) is 45.7 Å². The lowest BCUT2D eigenvalue weighted by molar-refractivity contribution is -0.112. The first-order chi connectivity index (χ1) is 15.8. The van der Waals surface area contributed by atoms with E-state index in [0.29, 0.717) is 31.0 Å². The second-order valence-corrected chi connectivity index (χ2v) is 8.94. The standard InChI is InChI=1S/C24H15Br2ClN2O4/c25-18-9-16(8-17(12-28)23(30)29-20-3-1-2-19(27)11-20)22(21(26)10-18)33-13-14-4-6-15(7-5-14)24(31)32/h1-11H,13H2,(H,29,30)(H,31,32)/b17-8+. The zero-order chi connectivity index (χ0) is 24.0. The number of ether oxygens (including phenoxy) is 1. The first-order valence-corrected chi connectivity index (χ1v) is 11.4. The van der Waals surface area contributed by atoms with E-state index in [2.05, 4.69) is 37.2 Å². The molecule has 0 atom stereocenters. The van der Waals surface area contributed by atoms with E-state index < -0.39 is 11.9 Å². The normalized spacial score (nSPS) is 10.9. The van der Waals surface area contributed by atoms with Crippen molar-refractivity contribution in [1.29, 1.82) is 5.26 Å². The minimum absolute atomic E-state index is 0.129. The number of hydrogen-bond acceptors (Lipinski definition) is 4. The highest BCUT2D eigenvalue weighted by molar-refractivity contribution is 9.11. The van der Waals surface area contributed by atoms with Gasteiger partial charge in [0.15, 0.2) is 0 Å². The van der Waals surface area contributed by atoms with Gasteiger partial charge in [-0.15, -0.1) is 0 Å². The van der Waals surface area contributed by atoms with Crippen molar-refractivity contribution >= 4 is 67.1 Å². The molecule has 0 aromatic heterocycles. The Bertz CT molecular complexity index is 1280. The molecule has 0 aliphatic rings. The summed E-state index contributed by atoms with van der Waals surface area (Å²) in [6.07, 6.45) is 1.43. The van der Waals surface area contributed by atoms with Crippen molar-refractivity contribution in [2.24, 2.45) is 0 Å². The third-order valence-corrected chi connectivity index (χ3v) is 5.65. The Kier molecular flexibility index (Phi) is 8.28. The van der Waals surface area contributed by atoms with E-state index in [1.54, 1.807) is 48.5 Å². The molecule has 0 bridgehead atoms. The molecule has 0 saturated heterocycles. The SMILES string of the molecule is N#C/C(=C\c1cc(Br)cc(Br)c1OCc1ccc(C(=O)O)cc1)C(=O)Nc1cccc(Cl)c1. The highest BCUT2D eigenvalue weighted by Crippen LogP contribution is 2.35. The fourth-order valence-corrected chi connectivity index (χ4v) is 4.37. The lowest BCUT2D eigenvalue weighted by Gasteiger charge is -2.13. The molecule has 0 unspecified atom stereocenters. The number of benzene rings is 3. The van der Waals surface area contributed by atoms with Gasteiger partial charge in [-0.2, -0.15) is 5.26 Å². The Balaban J connectivity index is 1.86. The van der Waals surface area contributed by atoms with Crippen LogP contribution in [0.5, 0.6) is 5.75 Å². The molecule has 2 N–H and O–H groups in total. The summed E-state index contributed by atoms with van der Waals surface area (Å²) in [7, 11) is 0. The molecular weight excluding hydrogens is 576 g/mol. The van der Waals surface area contributed by atoms with Crippen LogP contribution in [0.3, 0.4) is 0 Å². The summed E-state index contributed by atoms with van der Waals surface area (Å²) >= 11 is 12.8. The molecule has 3 rings (SSSR count). The topological polar surface area (TPSA) is 99.4 Å². The number of aromatic carboxylic acids is 1. The van der Waals surface area contributed by atoms with Crippen LogP contribution in [0.1, 0.15) is 21.5 Å². The molecule has 0 fully saturated rings. The maximum absolute atomic E-state index is 12.6. The van der Waals surface area contributed by atoms with Crippen LogP contribution < -0.4 is 10.1 Å². The number of anilines is 1. The number of halogens is 3. The Morgan fingerprint density at radius 2 is 1.85 bits per heavy atom. The monoisotopic (exact) mass is 588 g/mol. The third kappa shape index (κ3) is 6.68. The van der Waals surface area contributed by atoms with Crippen molar-refractivity contribution in [3.8, 4) is 11.8 Å². The smallest absolute Gasteiger partial charge is 0.335 e. The zero-order valence-electron chi connectivity index (χ0n) is 16.8. The van der Waals surface area contributed by atoms with Gasteiger partial charge in [0.1, 0.15) is 24.0 Å². The largest absolute Gasteiger partial charge is 0.487 e. The van der Waals surface area contributed by atoms with E-state index in [-0.39, 0.29) is 17.7 Å². The molecule has 6 nitrogen and oxygen atoms in total. The number of nitrogens with one attached hydrogen (secondary N) is 1. The number of carbonyl (C=O) groups excluding carboxylic acids is 1. The van der Waals surface area contributed by atoms with E-state index in [4.69, 9.17) is 21.4 Å². The molecule has 1 amide bonds. The van der Waals surface area contributed by atoms with E-state index in [0.717, 1.165) is 5.56 Å². The van der Waals surface area contributed by atoms with Gasteiger partial charge < -0.3 is 15.2 Å². The minimum Gasteiger partial charge on any atom is -0.487 e. The summed E-state index contributed by atoms with van der Waals surface area (Å²) in [5.74, 6) is -1.18. The zero-order valence-corrected chi connectivity index (χ0v) is 20.7. The molecular formula is C24H15Br2ClN2O4. The number of nitrogens with zero attached hydrogens (tertiary/aromatic N) is 1. The first-order valence-electron chi connectivity index (χ1n) is 9.39. The molecule has 0 aliphatic heterocycles. The summed E-state index contributed by atoms with van der Waals surface area (Å²) in [6, 6.07) is 18.3. The van der Waals surface area contributed by atoms with Gasteiger partial charge in [-0.05, 0) is 70.0 Å². The summed E-state index contributed by atoms with van der Waals surface area (Å²) in [5, 5.41) is 21.7. The highest BCUT2D eigenvalue weighted by atomic mass is 79.9. The third-order valence-electron chi connectivity index (χ3n) is 4.37. The van der Waals surface area contributed by atoms with Gasteiger partial charge in [0.2, 0.25) is 0 Å². The van der Waals surface area contributed by atoms with Crippen molar-refractivity contribution in [1.82, 2.24) is 0 Å². The van der Waals surface area contributed by atoms with Crippen LogP contribution >= 0.6 is 43.5 Å². The second kappa shape index (κ2) is 11.1. The lowest BCUT2D eigenvalue weighted by Crippen LogP contribution is -2.13. The number of rotatable bonds is 7. The van der Waals surface area contributed by atoms with E-state index in [1.807, 2.05) is 6.07 Å². The average Bonchev–Trinajstić information content (AvgIpc) is 2.77. The fraction of sp³-hybridized carbons (Fsp3) is 0.0417. The van der Waals surface area contributed by atoms with Gasteiger partial charge in [0.05, 0.1) is 10.0 Å². The van der Waals surface area contributed by atoms with Crippen LogP contribution in [0.15, 0.2) is 75.2 Å². The summed E-state index contributed by atoms with van der Waals surface area (Å²) in [6.45, 7) is 0.150. The highest BCUT2D eigenvalue weighted by Gasteiger charge is 2.15. The van der Waals surface area contributed by atoms with Gasteiger partial charge >= 0.3 is 5.97 Å². The second-order valence-electron chi connectivity index (χ2n) is 6.73. The first kappa shape index (κ1) is 24.5. The van der Waals surface area contributed by atoms with E-state index >= 15 is 0 Å². The van der Waals surface area contributed by atoms with Crippen molar-refractivity contribution in [2.75, 3.05) is 5.32 Å². The van der Waals surface area contributed by atoms with Crippen molar-refractivity contribution < 1.29 is 19.4 Å². The molecule has 33 heavy (non-hydrogen) atoms. The van der Waals surface area contributed by atoms with E-state index in [9.17, 15) is 14.9 Å². The Hall–Kier alpha value is -3.12. The maximum Gasteiger partial charge on any atom is 0.335 e. The number of carboxylic acid groups (broad SMARTS) is 1. The molecule has 3 aromatic rings. The molecule has 9 heteroatoms. The summed E-state index contributed by atoms with van der Waals surface area (Å²) in [5.41, 5.74) is 1.76. The predicted molar refractivity (Wildman–Crippen MR) is 133 cm³/mol. The predicted octanol–water partition coefficient (Wildman–Crippen LogP) is 6.69. The number of hydrogen-bond donors (Lipinski definition) is 2. The number of carbonyl (C=O) groups is 2. The molecule has 0 aliphatic carbocycles. The number of amides is 1. The Labute approximate surface area is 211 Å². The molecule has 3 aromatic carbocycles. The van der Waals surface area contributed by atoms with Crippen LogP contribution in [0, 0.1) is 11.3 Å². The number of nitriles is 1. The van der Waals surface area contributed by atoms with Crippen LogP contribution in [-0.4, -0.2) is 17.0 Å². The lowest BCUT2D eigenvalue weighted by atomic mass is 10.1. The number of carboxylic acids is 1. The fourth-order valence-electron chi connectivity index (χ4n) is 2.81. The van der Waals surface area contributed by atoms with Crippen molar-refractivity contribution in [3.05, 3.63) is 96.9 Å². The Morgan fingerprint density at radius 1 is 1.12 bits per heavy atom. The maximum atomic E-state index is 12.6. The van der Waals surface area contributed by atoms with Crippen molar-refractivity contribution in [3.63, 3.8) is 0 Å². The summed E-state index contributed by atoms with van der Waals surface area (Å²) in [4.78, 5) is 23.7. The van der Waals surface area contributed by atoms with Gasteiger partial charge in [-0.3, -0.25) is 4.79 Å². The van der Waals surface area contributed by atoms with Crippen LogP contribution in [-0.2, 0) is 11.4 Å². The quantitative estimate of drug-likeness (QED) is 0.236. The molecule has 0 heterocycles. The molecule has 0 spiro atoms. The van der Waals surface area contributed by atoms with Crippen LogP contribution in [0.4, 0.5) is 5.69 Å². The van der Waals surface area contributed by atoms with Crippen molar-refractivity contribution in [2.45, 2.75) is 6.61 Å². The van der Waals surface area contributed by atoms with Gasteiger partial charge in [-0.25, -0.2) is 4.79 Å². The van der Waals surface area contributed by atoms with Gasteiger partial charge in [0, 0.05) is 20.7 Å². The van der Waals surface area contributed by atoms with Crippen LogP contribution in [0.25, 0.3) is 6.08 Å². The van der Waals surface area contributed by atoms with E-state index in [1.165, 1.54) is 18.2 Å². The van der Waals surface area contributed by atoms with Gasteiger partial charge in [0.25, 0.3) is 5.91 Å². The minimum atomic E-state index is -1.01. The Morgan fingerprint density at radius 3 is 2.48 bits per heavy atom. The molecule has 166 valence electrons. The van der Waals surface area contributed by atoms with Crippen LogP contribution in [0.2, 0.25) is 5.02 Å². The molecule has 0 saturated carbocycles. The molecule has 0 radical (unpaired) electrons. The summed E-state index contributed by atoms with van der Waals surface area (Å²) < 4.78 is 7.27. The average molecular weight is 591 g/mol.